The molecule has 5 heteroatoms. The molecule has 1 heterocycles. The maximum Gasteiger partial charge on any atom is 0.309 e. The van der Waals surface area contributed by atoms with Crippen molar-refractivity contribution in [1.29, 1.82) is 0 Å². The highest BCUT2D eigenvalue weighted by Gasteiger charge is 2.49. The number of rotatable bonds is 4. The third kappa shape index (κ3) is 2.24. The quantitative estimate of drug-likeness (QED) is 0.751. The van der Waals surface area contributed by atoms with Crippen molar-refractivity contribution in [3.63, 3.8) is 0 Å². The molecule has 1 saturated carbocycles. The first-order valence-electron chi connectivity index (χ1n) is 5.32. The first-order valence-corrected chi connectivity index (χ1v) is 5.32. The number of aromatic nitrogens is 1. The standard InChI is InChI=1S/C11H14N2O3/c1-2-16-11(15)9-5-8(9)10(14)13-7-3-4-12-6-7/h3-4,6,8-9,12H,2,5H2,1H3,(H,13,14). The fraction of sp³-hybridized carbons (Fsp3) is 0.455. The molecule has 0 radical (unpaired) electrons. The van der Waals surface area contributed by atoms with Crippen LogP contribution in [0.2, 0.25) is 0 Å². The Balaban J connectivity index is 1.83. The highest BCUT2D eigenvalue weighted by Crippen LogP contribution is 2.40. The average Bonchev–Trinajstić information content (AvgIpc) is 2.91. The largest absolute Gasteiger partial charge is 0.466 e. The van der Waals surface area contributed by atoms with E-state index in [0.717, 1.165) is 5.69 Å². The second kappa shape index (κ2) is 4.38. The topological polar surface area (TPSA) is 71.2 Å². The minimum atomic E-state index is -0.267. The summed E-state index contributed by atoms with van der Waals surface area (Å²) >= 11 is 0. The Morgan fingerprint density at radius 3 is 3.00 bits per heavy atom. The Bertz CT molecular complexity index is 386. The van der Waals surface area contributed by atoms with Crippen LogP contribution in [0.3, 0.4) is 0 Å². The Hall–Kier alpha value is -1.78. The lowest BCUT2D eigenvalue weighted by molar-refractivity contribution is -0.145. The molecule has 2 unspecified atom stereocenters. The van der Waals surface area contributed by atoms with Gasteiger partial charge in [-0.3, -0.25) is 9.59 Å². The molecule has 0 bridgehead atoms. The number of H-pyrrole nitrogens is 1. The maximum atomic E-state index is 11.7. The van der Waals surface area contributed by atoms with Gasteiger partial charge in [0.2, 0.25) is 5.91 Å². The molecule has 1 amide bonds. The van der Waals surface area contributed by atoms with Crippen LogP contribution in [0.4, 0.5) is 5.69 Å². The lowest BCUT2D eigenvalue weighted by atomic mass is 10.3. The van der Waals surface area contributed by atoms with Crippen molar-refractivity contribution in [3.8, 4) is 0 Å². The third-order valence-corrected chi connectivity index (χ3v) is 2.58. The fourth-order valence-electron chi connectivity index (χ4n) is 1.63. The van der Waals surface area contributed by atoms with Gasteiger partial charge in [0, 0.05) is 12.4 Å². The molecule has 2 rings (SSSR count). The first kappa shape index (κ1) is 10.7. The molecular weight excluding hydrogens is 208 g/mol. The van der Waals surface area contributed by atoms with Crippen LogP contribution in [0.25, 0.3) is 0 Å². The summed E-state index contributed by atoms with van der Waals surface area (Å²) in [4.78, 5) is 25.8. The lowest BCUT2D eigenvalue weighted by Crippen LogP contribution is -2.17. The Morgan fingerprint density at radius 1 is 1.56 bits per heavy atom. The number of hydrogen-bond acceptors (Lipinski definition) is 3. The van der Waals surface area contributed by atoms with Crippen molar-refractivity contribution in [3.05, 3.63) is 18.5 Å². The van der Waals surface area contributed by atoms with Gasteiger partial charge in [-0.05, 0) is 19.4 Å². The van der Waals surface area contributed by atoms with E-state index in [-0.39, 0.29) is 23.7 Å². The monoisotopic (exact) mass is 222 g/mol. The van der Waals surface area contributed by atoms with Gasteiger partial charge in [-0.25, -0.2) is 0 Å². The van der Waals surface area contributed by atoms with Gasteiger partial charge in [-0.15, -0.1) is 0 Å². The molecule has 16 heavy (non-hydrogen) atoms. The Kier molecular flexibility index (Phi) is 2.94. The molecule has 0 saturated heterocycles. The Labute approximate surface area is 93.2 Å². The molecule has 1 fully saturated rings. The van der Waals surface area contributed by atoms with E-state index in [9.17, 15) is 9.59 Å². The summed E-state index contributed by atoms with van der Waals surface area (Å²) in [7, 11) is 0. The van der Waals surface area contributed by atoms with Crippen LogP contribution in [0.1, 0.15) is 13.3 Å². The van der Waals surface area contributed by atoms with E-state index in [1.54, 1.807) is 25.4 Å². The maximum absolute atomic E-state index is 11.7. The third-order valence-electron chi connectivity index (χ3n) is 2.58. The number of amides is 1. The van der Waals surface area contributed by atoms with Crippen molar-refractivity contribution in [2.24, 2.45) is 11.8 Å². The van der Waals surface area contributed by atoms with E-state index >= 15 is 0 Å². The molecule has 0 spiro atoms. The SMILES string of the molecule is CCOC(=O)C1CC1C(=O)Nc1cc[nH]c1. The fourth-order valence-corrected chi connectivity index (χ4v) is 1.63. The number of nitrogens with one attached hydrogen (secondary N) is 2. The minimum Gasteiger partial charge on any atom is -0.466 e. The molecule has 1 aliphatic rings. The van der Waals surface area contributed by atoms with Crippen molar-refractivity contribution in [1.82, 2.24) is 4.98 Å². The number of anilines is 1. The van der Waals surface area contributed by atoms with Gasteiger partial charge in [0.25, 0.3) is 0 Å². The molecule has 1 aromatic rings. The summed E-state index contributed by atoms with van der Waals surface area (Å²) in [5.41, 5.74) is 0.722. The number of esters is 1. The van der Waals surface area contributed by atoms with Crippen LogP contribution in [0.5, 0.6) is 0 Å². The normalized spacial score (nSPS) is 22.6. The average molecular weight is 222 g/mol. The second-order valence-corrected chi connectivity index (χ2v) is 3.79. The summed E-state index contributed by atoms with van der Waals surface area (Å²) in [6.45, 7) is 2.12. The van der Waals surface area contributed by atoms with Gasteiger partial charge in [0.1, 0.15) is 0 Å². The Morgan fingerprint density at radius 2 is 2.38 bits per heavy atom. The van der Waals surface area contributed by atoms with E-state index < -0.39 is 0 Å². The summed E-state index contributed by atoms with van der Waals surface area (Å²) in [6.07, 6.45) is 4.01. The molecule has 0 aliphatic heterocycles. The van der Waals surface area contributed by atoms with Gasteiger partial charge >= 0.3 is 5.97 Å². The molecule has 0 aromatic carbocycles. The van der Waals surface area contributed by atoms with Crippen molar-refractivity contribution in [2.75, 3.05) is 11.9 Å². The number of carbonyl (C=O) groups is 2. The van der Waals surface area contributed by atoms with Crippen LogP contribution in [0, 0.1) is 11.8 Å². The molecule has 86 valence electrons. The zero-order valence-corrected chi connectivity index (χ0v) is 9.03. The van der Waals surface area contributed by atoms with Gasteiger partial charge in [-0.2, -0.15) is 0 Å². The lowest BCUT2D eigenvalue weighted by Gasteiger charge is -2.02. The summed E-state index contributed by atoms with van der Waals surface area (Å²) in [5, 5.41) is 2.73. The van der Waals surface area contributed by atoms with E-state index in [1.165, 1.54) is 0 Å². The van der Waals surface area contributed by atoms with Gasteiger partial charge < -0.3 is 15.0 Å². The van der Waals surface area contributed by atoms with Crippen LogP contribution >= 0.6 is 0 Å². The van der Waals surface area contributed by atoms with Gasteiger partial charge in [-0.1, -0.05) is 0 Å². The predicted octanol–water partition coefficient (Wildman–Crippen LogP) is 1.15. The van der Waals surface area contributed by atoms with Crippen LogP contribution in [-0.4, -0.2) is 23.5 Å². The van der Waals surface area contributed by atoms with Gasteiger partial charge in [0.05, 0.1) is 24.1 Å². The van der Waals surface area contributed by atoms with E-state index in [1.807, 2.05) is 0 Å². The summed E-state index contributed by atoms with van der Waals surface area (Å²) in [5.74, 6) is -0.859. The smallest absolute Gasteiger partial charge is 0.309 e. The molecule has 2 atom stereocenters. The first-order chi connectivity index (χ1) is 7.72. The zero-order valence-electron chi connectivity index (χ0n) is 9.03. The van der Waals surface area contributed by atoms with Crippen LogP contribution < -0.4 is 5.32 Å². The van der Waals surface area contributed by atoms with Crippen molar-refractivity contribution >= 4 is 17.6 Å². The number of ether oxygens (including phenoxy) is 1. The number of carbonyl (C=O) groups excluding carboxylic acids is 2. The predicted molar refractivity (Wildman–Crippen MR) is 57.7 cm³/mol. The van der Waals surface area contributed by atoms with Crippen molar-refractivity contribution < 1.29 is 14.3 Å². The minimum absolute atomic E-state index is 0.113. The molecular formula is C11H14N2O3. The number of aromatic amines is 1. The van der Waals surface area contributed by atoms with Crippen LogP contribution in [-0.2, 0) is 14.3 Å². The molecule has 1 aliphatic carbocycles. The van der Waals surface area contributed by atoms with E-state index in [0.29, 0.717) is 13.0 Å². The van der Waals surface area contributed by atoms with Crippen LogP contribution in [0.15, 0.2) is 18.5 Å². The number of hydrogen-bond donors (Lipinski definition) is 2. The van der Waals surface area contributed by atoms with E-state index in [2.05, 4.69) is 10.3 Å². The zero-order chi connectivity index (χ0) is 11.5. The summed E-state index contributed by atoms with van der Waals surface area (Å²) < 4.78 is 4.86. The molecule has 1 aromatic heterocycles. The summed E-state index contributed by atoms with van der Waals surface area (Å²) in [6, 6.07) is 1.76. The highest BCUT2D eigenvalue weighted by molar-refractivity contribution is 5.98. The van der Waals surface area contributed by atoms with Gasteiger partial charge in [0.15, 0.2) is 0 Å². The van der Waals surface area contributed by atoms with E-state index in [4.69, 9.17) is 4.74 Å². The van der Waals surface area contributed by atoms with Crippen molar-refractivity contribution in [2.45, 2.75) is 13.3 Å². The molecule has 5 nitrogen and oxygen atoms in total. The molecule has 2 N–H and O–H groups in total. The highest BCUT2D eigenvalue weighted by atomic mass is 16.5. The second-order valence-electron chi connectivity index (χ2n) is 3.79.